The van der Waals surface area contributed by atoms with Crippen molar-refractivity contribution in [3.63, 3.8) is 0 Å². The molecular weight excluding hydrogens is 260 g/mol. The molecule has 0 radical (unpaired) electrons. The summed E-state index contributed by atoms with van der Waals surface area (Å²) in [6.45, 7) is 12.0. The Labute approximate surface area is 120 Å². The van der Waals surface area contributed by atoms with Gasteiger partial charge in [0.15, 0.2) is 0 Å². The highest BCUT2D eigenvalue weighted by atomic mass is 16.6. The molecule has 0 aromatic heterocycles. The summed E-state index contributed by atoms with van der Waals surface area (Å²) in [5, 5.41) is 5.16. The Hall–Kier alpha value is -1.59. The summed E-state index contributed by atoms with van der Waals surface area (Å²) in [5.41, 5.74) is -1.10. The minimum atomic E-state index is -0.929. The third-order valence-corrected chi connectivity index (χ3v) is 2.00. The summed E-state index contributed by atoms with van der Waals surface area (Å²) in [7, 11) is 0. The van der Waals surface area contributed by atoms with Crippen LogP contribution in [0.1, 0.15) is 54.9 Å². The summed E-state index contributed by atoms with van der Waals surface area (Å²) in [6.07, 6.45) is -0.783. The molecule has 116 valence electrons. The average Bonchev–Trinajstić information content (AvgIpc) is 2.09. The molecule has 0 aliphatic rings. The summed E-state index contributed by atoms with van der Waals surface area (Å²) in [4.78, 5) is 35.0. The lowest BCUT2D eigenvalue weighted by Gasteiger charge is -2.26. The molecule has 6 nitrogen and oxygen atoms in total. The van der Waals surface area contributed by atoms with E-state index in [-0.39, 0.29) is 12.2 Å². The smallest absolute Gasteiger partial charge is 0.408 e. The first kappa shape index (κ1) is 18.4. The van der Waals surface area contributed by atoms with E-state index in [1.807, 2.05) is 20.8 Å². The molecule has 6 heteroatoms. The second-order valence-corrected chi connectivity index (χ2v) is 6.84. The van der Waals surface area contributed by atoms with Crippen LogP contribution in [0, 0.1) is 0 Å². The van der Waals surface area contributed by atoms with E-state index in [1.54, 1.807) is 20.8 Å². The van der Waals surface area contributed by atoms with Crippen molar-refractivity contribution in [3.8, 4) is 0 Å². The fraction of sp³-hybridized carbons (Fsp3) is 0.786. The highest BCUT2D eigenvalue weighted by Gasteiger charge is 2.27. The van der Waals surface area contributed by atoms with Gasteiger partial charge in [0.1, 0.15) is 17.4 Å². The second kappa shape index (κ2) is 6.72. The number of carbonyl (C=O) groups excluding carboxylic acids is 3. The Morgan fingerprint density at radius 1 is 1.05 bits per heavy atom. The number of hydrogen-bond acceptors (Lipinski definition) is 4. The monoisotopic (exact) mass is 286 g/mol. The number of hydrogen-bond donors (Lipinski definition) is 2. The maximum atomic E-state index is 12.1. The van der Waals surface area contributed by atoms with E-state index in [4.69, 9.17) is 4.74 Å². The molecule has 2 N–H and O–H groups in total. The topological polar surface area (TPSA) is 84.5 Å². The fourth-order valence-electron chi connectivity index (χ4n) is 1.40. The Morgan fingerprint density at radius 2 is 1.55 bits per heavy atom. The highest BCUT2D eigenvalue weighted by molar-refractivity contribution is 5.91. The van der Waals surface area contributed by atoms with E-state index in [9.17, 15) is 14.4 Å². The van der Waals surface area contributed by atoms with Crippen LogP contribution in [0.3, 0.4) is 0 Å². The number of ether oxygens (including phenoxy) is 1. The normalized spacial score (nSPS) is 13.3. The van der Waals surface area contributed by atoms with E-state index >= 15 is 0 Å². The third-order valence-electron chi connectivity index (χ3n) is 2.00. The van der Waals surface area contributed by atoms with Gasteiger partial charge < -0.3 is 15.4 Å². The summed E-state index contributed by atoms with van der Waals surface area (Å²) >= 11 is 0. The maximum Gasteiger partial charge on any atom is 0.408 e. The third kappa shape index (κ3) is 9.35. The summed E-state index contributed by atoms with van der Waals surface area (Å²) in [5.74, 6) is -0.589. The van der Waals surface area contributed by atoms with Crippen LogP contribution in [0.25, 0.3) is 0 Å². The minimum Gasteiger partial charge on any atom is -0.444 e. The zero-order valence-electron chi connectivity index (χ0n) is 13.4. The Morgan fingerprint density at radius 3 is 1.90 bits per heavy atom. The van der Waals surface area contributed by atoms with Crippen molar-refractivity contribution in [2.75, 3.05) is 0 Å². The van der Waals surface area contributed by atoms with Crippen molar-refractivity contribution in [2.45, 2.75) is 72.1 Å². The minimum absolute atomic E-state index is 0.0683. The molecule has 1 atom stereocenters. The van der Waals surface area contributed by atoms with Crippen LogP contribution in [0.15, 0.2) is 0 Å². The predicted octanol–water partition coefficient (Wildman–Crippen LogP) is 1.77. The largest absolute Gasteiger partial charge is 0.444 e. The highest BCUT2D eigenvalue weighted by Crippen LogP contribution is 2.08. The van der Waals surface area contributed by atoms with Gasteiger partial charge in [-0.15, -0.1) is 0 Å². The molecule has 0 rings (SSSR count). The van der Waals surface area contributed by atoms with Crippen LogP contribution < -0.4 is 10.6 Å². The Kier molecular flexibility index (Phi) is 6.19. The fourth-order valence-corrected chi connectivity index (χ4v) is 1.40. The van der Waals surface area contributed by atoms with Crippen LogP contribution >= 0.6 is 0 Å². The molecule has 0 heterocycles. The lowest BCUT2D eigenvalue weighted by Crippen LogP contribution is -2.53. The van der Waals surface area contributed by atoms with Crippen molar-refractivity contribution in [1.29, 1.82) is 0 Å². The molecule has 0 aromatic rings. The number of ketones is 1. The van der Waals surface area contributed by atoms with Crippen molar-refractivity contribution in [3.05, 3.63) is 0 Å². The lowest BCUT2D eigenvalue weighted by molar-refractivity contribution is -0.127. The van der Waals surface area contributed by atoms with Crippen molar-refractivity contribution < 1.29 is 19.1 Å². The first-order chi connectivity index (χ1) is 8.80. The first-order valence-corrected chi connectivity index (χ1v) is 6.61. The second-order valence-electron chi connectivity index (χ2n) is 6.84. The van der Waals surface area contributed by atoms with Gasteiger partial charge >= 0.3 is 6.09 Å². The number of rotatable bonds is 4. The molecule has 0 saturated heterocycles. The van der Waals surface area contributed by atoms with Gasteiger partial charge in [0.2, 0.25) is 5.91 Å². The van der Waals surface area contributed by atoms with E-state index in [0.29, 0.717) is 0 Å². The van der Waals surface area contributed by atoms with Gasteiger partial charge in [-0.3, -0.25) is 9.59 Å². The van der Waals surface area contributed by atoms with Gasteiger partial charge in [-0.1, -0.05) is 0 Å². The van der Waals surface area contributed by atoms with Gasteiger partial charge in [-0.2, -0.15) is 0 Å². The van der Waals surface area contributed by atoms with E-state index < -0.39 is 29.2 Å². The van der Waals surface area contributed by atoms with Crippen molar-refractivity contribution in [1.82, 2.24) is 10.6 Å². The Balaban J connectivity index is 4.77. The van der Waals surface area contributed by atoms with Crippen molar-refractivity contribution in [2.24, 2.45) is 0 Å². The molecule has 0 spiro atoms. The standard InChI is InChI=1S/C14H26N2O4/c1-9(17)8-10(11(18)16-13(2,3)4)15-12(19)20-14(5,6)7/h10H,8H2,1-7H3,(H,15,19)(H,16,18)/t10-/m1/s1. The van der Waals surface area contributed by atoms with Gasteiger partial charge in [-0.05, 0) is 48.5 Å². The molecule has 0 saturated carbocycles. The number of carbonyl (C=O) groups is 3. The molecule has 0 aliphatic heterocycles. The van der Waals surface area contributed by atoms with Crippen LogP contribution in [-0.4, -0.2) is 35.0 Å². The summed E-state index contributed by atoms with van der Waals surface area (Å²) < 4.78 is 5.09. The maximum absolute atomic E-state index is 12.1. The molecular formula is C14H26N2O4. The van der Waals surface area contributed by atoms with Crippen LogP contribution in [0.5, 0.6) is 0 Å². The molecule has 0 aliphatic carbocycles. The van der Waals surface area contributed by atoms with E-state index in [2.05, 4.69) is 10.6 Å². The number of amides is 2. The number of nitrogens with one attached hydrogen (secondary N) is 2. The van der Waals surface area contributed by atoms with Gasteiger partial charge in [0.05, 0.1) is 0 Å². The molecule has 0 aromatic carbocycles. The Bertz CT molecular complexity index is 378. The molecule has 0 unspecified atom stereocenters. The first-order valence-electron chi connectivity index (χ1n) is 6.61. The van der Waals surface area contributed by atoms with Gasteiger partial charge in [-0.25, -0.2) is 4.79 Å². The quantitative estimate of drug-likeness (QED) is 0.825. The van der Waals surface area contributed by atoms with Crippen molar-refractivity contribution >= 4 is 17.8 Å². The zero-order valence-corrected chi connectivity index (χ0v) is 13.4. The van der Waals surface area contributed by atoms with Crippen LogP contribution in [0.4, 0.5) is 4.79 Å². The average molecular weight is 286 g/mol. The van der Waals surface area contributed by atoms with E-state index in [0.717, 1.165) is 0 Å². The van der Waals surface area contributed by atoms with Crippen LogP contribution in [0.2, 0.25) is 0 Å². The SMILES string of the molecule is CC(=O)C[C@@H](NC(=O)OC(C)(C)C)C(=O)NC(C)(C)C. The summed E-state index contributed by atoms with van der Waals surface area (Å²) in [6, 6.07) is -0.929. The number of Topliss-reactive ketones (excluding diaryl/α,β-unsaturated/α-hetero) is 1. The van der Waals surface area contributed by atoms with Gasteiger partial charge in [0.25, 0.3) is 0 Å². The predicted molar refractivity (Wildman–Crippen MR) is 76.4 cm³/mol. The molecule has 2 amide bonds. The zero-order chi connectivity index (χ0) is 16.1. The molecule has 20 heavy (non-hydrogen) atoms. The van der Waals surface area contributed by atoms with E-state index in [1.165, 1.54) is 6.92 Å². The molecule has 0 fully saturated rings. The molecule has 0 bridgehead atoms. The van der Waals surface area contributed by atoms with Gasteiger partial charge in [0, 0.05) is 12.0 Å². The number of alkyl carbamates (subject to hydrolysis) is 1. The lowest BCUT2D eigenvalue weighted by atomic mass is 10.1. The van der Waals surface area contributed by atoms with Crippen LogP contribution in [-0.2, 0) is 14.3 Å².